The van der Waals surface area contributed by atoms with Crippen molar-refractivity contribution < 1.29 is 0 Å². The van der Waals surface area contributed by atoms with Crippen LogP contribution >= 0.6 is 0 Å². The van der Waals surface area contributed by atoms with Crippen LogP contribution in [0.2, 0.25) is 0 Å². The van der Waals surface area contributed by atoms with Gasteiger partial charge < -0.3 is 6.15 Å². The third-order valence-corrected chi connectivity index (χ3v) is 1.91. The Morgan fingerprint density at radius 3 is 2.38 bits per heavy atom. The third kappa shape index (κ3) is 1.51. The van der Waals surface area contributed by atoms with E-state index in [1.54, 1.807) is 0 Å². The van der Waals surface area contributed by atoms with Gasteiger partial charge in [0.05, 0.1) is 11.6 Å². The summed E-state index contributed by atoms with van der Waals surface area (Å²) in [5.74, 6) is 0. The van der Waals surface area contributed by atoms with Crippen LogP contribution in [0.25, 0.3) is 10.8 Å². The van der Waals surface area contributed by atoms with Gasteiger partial charge in [-0.15, -0.1) is 0 Å². The van der Waals surface area contributed by atoms with Gasteiger partial charge in [-0.05, 0) is 16.8 Å². The minimum absolute atomic E-state index is 0. The zero-order chi connectivity index (χ0) is 8.39. The van der Waals surface area contributed by atoms with E-state index in [-0.39, 0.29) is 6.15 Å². The lowest BCUT2D eigenvalue weighted by atomic mass is 10.1. The van der Waals surface area contributed by atoms with Gasteiger partial charge in [-0.25, -0.2) is 0 Å². The maximum Gasteiger partial charge on any atom is 0.0998 e. The van der Waals surface area contributed by atoms with Crippen molar-refractivity contribution in [1.82, 2.24) is 6.15 Å². The van der Waals surface area contributed by atoms with Crippen LogP contribution in [0.5, 0.6) is 0 Å². The van der Waals surface area contributed by atoms with Gasteiger partial charge in [-0.3, -0.25) is 0 Å². The van der Waals surface area contributed by atoms with E-state index >= 15 is 0 Å². The second kappa shape index (κ2) is 3.70. The first kappa shape index (κ1) is 9.24. The van der Waals surface area contributed by atoms with Crippen LogP contribution in [-0.2, 0) is 0 Å². The van der Waals surface area contributed by atoms with Gasteiger partial charge in [0, 0.05) is 0 Å². The summed E-state index contributed by atoms with van der Waals surface area (Å²) in [5.41, 5.74) is 0.744. The quantitative estimate of drug-likeness (QED) is 0.660. The largest absolute Gasteiger partial charge is 0.344 e. The van der Waals surface area contributed by atoms with Crippen LogP contribution in [0.15, 0.2) is 42.5 Å². The molecule has 0 bridgehead atoms. The van der Waals surface area contributed by atoms with Gasteiger partial charge in [-0.1, -0.05) is 36.4 Å². The van der Waals surface area contributed by atoms with Crippen molar-refractivity contribution in [2.75, 3.05) is 0 Å². The van der Waals surface area contributed by atoms with Gasteiger partial charge in [0.1, 0.15) is 0 Å². The van der Waals surface area contributed by atoms with Crippen molar-refractivity contribution in [3.8, 4) is 6.07 Å². The summed E-state index contributed by atoms with van der Waals surface area (Å²) in [5, 5.41) is 10.9. The first-order valence-electron chi connectivity index (χ1n) is 3.79. The molecule has 2 aromatic carbocycles. The van der Waals surface area contributed by atoms with Gasteiger partial charge in [0.25, 0.3) is 0 Å². The predicted octanol–water partition coefficient (Wildman–Crippen LogP) is 2.87. The van der Waals surface area contributed by atoms with E-state index in [2.05, 4.69) is 6.07 Å². The van der Waals surface area contributed by atoms with Crippen LogP contribution in [0.1, 0.15) is 5.56 Å². The van der Waals surface area contributed by atoms with E-state index in [1.165, 1.54) is 0 Å². The molecule has 2 rings (SSSR count). The molecule has 0 aromatic heterocycles. The lowest BCUT2D eigenvalue weighted by Crippen LogP contribution is -1.77. The second-order valence-electron chi connectivity index (χ2n) is 2.64. The first-order chi connectivity index (χ1) is 5.92. The molecule has 0 amide bonds. The highest BCUT2D eigenvalue weighted by molar-refractivity contribution is 5.87. The smallest absolute Gasteiger partial charge is 0.0998 e. The predicted molar refractivity (Wildman–Crippen MR) is 53.7 cm³/mol. The molecule has 0 fully saturated rings. The van der Waals surface area contributed by atoms with E-state index < -0.39 is 0 Å². The second-order valence-corrected chi connectivity index (χ2v) is 2.64. The molecule has 2 heteroatoms. The zero-order valence-electron chi connectivity index (χ0n) is 7.20. The number of nitrogens with zero attached hydrogens (tertiary/aromatic N) is 1. The molecule has 0 aliphatic rings. The molecular weight excluding hydrogens is 160 g/mol. The lowest BCUT2D eigenvalue weighted by Gasteiger charge is -1.97. The van der Waals surface area contributed by atoms with Crippen molar-refractivity contribution in [3.05, 3.63) is 48.0 Å². The molecule has 0 radical (unpaired) electrons. The van der Waals surface area contributed by atoms with Crippen molar-refractivity contribution in [1.29, 1.82) is 5.26 Å². The van der Waals surface area contributed by atoms with Gasteiger partial charge >= 0.3 is 0 Å². The van der Waals surface area contributed by atoms with E-state index in [1.807, 2.05) is 42.5 Å². The summed E-state index contributed by atoms with van der Waals surface area (Å²) in [7, 11) is 0. The van der Waals surface area contributed by atoms with Gasteiger partial charge in [0.15, 0.2) is 0 Å². The van der Waals surface area contributed by atoms with E-state index in [9.17, 15) is 0 Å². The Bertz CT molecular complexity index is 450. The molecular formula is C11H10N2. The van der Waals surface area contributed by atoms with Crippen molar-refractivity contribution >= 4 is 10.8 Å². The number of hydrogen-bond acceptors (Lipinski definition) is 2. The summed E-state index contributed by atoms with van der Waals surface area (Å²) in [6, 6.07) is 15.8. The van der Waals surface area contributed by atoms with E-state index in [4.69, 9.17) is 5.26 Å². The van der Waals surface area contributed by atoms with Crippen LogP contribution < -0.4 is 6.15 Å². The molecule has 0 heterocycles. The minimum Gasteiger partial charge on any atom is -0.344 e. The SMILES string of the molecule is N.N#Cc1cccc2ccccc12. The minimum atomic E-state index is 0. The van der Waals surface area contributed by atoms with Crippen molar-refractivity contribution in [2.45, 2.75) is 0 Å². The Kier molecular flexibility index (Phi) is 2.63. The van der Waals surface area contributed by atoms with Crippen LogP contribution in [0.3, 0.4) is 0 Å². The maximum absolute atomic E-state index is 8.79. The maximum atomic E-state index is 8.79. The molecule has 0 aliphatic carbocycles. The number of benzene rings is 2. The molecule has 13 heavy (non-hydrogen) atoms. The highest BCUT2D eigenvalue weighted by Gasteiger charge is 1.96. The van der Waals surface area contributed by atoms with Crippen molar-refractivity contribution in [3.63, 3.8) is 0 Å². The molecule has 0 saturated heterocycles. The molecule has 3 N–H and O–H groups in total. The fraction of sp³-hybridized carbons (Fsp3) is 0. The van der Waals surface area contributed by atoms with E-state index in [0.29, 0.717) is 0 Å². The summed E-state index contributed by atoms with van der Waals surface area (Å²) in [6.45, 7) is 0. The molecule has 0 unspecified atom stereocenters. The Hall–Kier alpha value is -1.85. The average Bonchev–Trinajstić information content (AvgIpc) is 2.17. The summed E-state index contributed by atoms with van der Waals surface area (Å²) < 4.78 is 0. The molecule has 0 saturated carbocycles. The standard InChI is InChI=1S/C11H7N.H3N/c12-8-10-6-3-5-9-4-1-2-7-11(9)10;/h1-7H;1H3. The first-order valence-corrected chi connectivity index (χ1v) is 3.79. The lowest BCUT2D eigenvalue weighted by molar-refractivity contribution is 1.50. The number of hydrogen-bond donors (Lipinski definition) is 1. The topological polar surface area (TPSA) is 58.8 Å². The summed E-state index contributed by atoms with van der Waals surface area (Å²) in [4.78, 5) is 0. The molecule has 2 aromatic rings. The van der Waals surface area contributed by atoms with Crippen LogP contribution in [-0.4, -0.2) is 0 Å². The fourth-order valence-electron chi connectivity index (χ4n) is 1.32. The molecule has 0 spiro atoms. The highest BCUT2D eigenvalue weighted by atomic mass is 14.2. The summed E-state index contributed by atoms with van der Waals surface area (Å²) in [6.07, 6.45) is 0. The zero-order valence-corrected chi connectivity index (χ0v) is 7.20. The van der Waals surface area contributed by atoms with Crippen LogP contribution in [0, 0.1) is 11.3 Å². The van der Waals surface area contributed by atoms with Crippen LogP contribution in [0.4, 0.5) is 0 Å². The Morgan fingerprint density at radius 2 is 1.62 bits per heavy atom. The number of fused-ring (bicyclic) bond motifs is 1. The molecule has 64 valence electrons. The normalized spacial score (nSPS) is 8.85. The van der Waals surface area contributed by atoms with Gasteiger partial charge in [-0.2, -0.15) is 5.26 Å². The third-order valence-electron chi connectivity index (χ3n) is 1.91. The Labute approximate surface area is 77.0 Å². The highest BCUT2D eigenvalue weighted by Crippen LogP contribution is 2.16. The number of nitriles is 1. The van der Waals surface area contributed by atoms with Gasteiger partial charge in [0.2, 0.25) is 0 Å². The fourth-order valence-corrected chi connectivity index (χ4v) is 1.32. The summed E-state index contributed by atoms with van der Waals surface area (Å²) >= 11 is 0. The Balaban J connectivity index is 0.000000845. The monoisotopic (exact) mass is 170 g/mol. The molecule has 0 aliphatic heterocycles. The Morgan fingerprint density at radius 1 is 0.923 bits per heavy atom. The number of rotatable bonds is 0. The molecule has 2 nitrogen and oxygen atoms in total. The average molecular weight is 170 g/mol. The van der Waals surface area contributed by atoms with E-state index in [0.717, 1.165) is 16.3 Å². The molecule has 0 atom stereocenters. The van der Waals surface area contributed by atoms with Crippen molar-refractivity contribution in [2.24, 2.45) is 0 Å².